The van der Waals surface area contributed by atoms with Crippen molar-refractivity contribution < 1.29 is 52.7 Å². The summed E-state index contributed by atoms with van der Waals surface area (Å²) in [6, 6.07) is -3.23. The second-order valence-electron chi connectivity index (χ2n) is 12.4. The van der Waals surface area contributed by atoms with Gasteiger partial charge in [-0.05, 0) is 32.1 Å². The van der Waals surface area contributed by atoms with Gasteiger partial charge >= 0.3 is 7.82 Å². The van der Waals surface area contributed by atoms with Crippen molar-refractivity contribution in [2.24, 2.45) is 30.5 Å². The van der Waals surface area contributed by atoms with Crippen molar-refractivity contribution >= 4 is 43.0 Å². The number of nitrogens with one attached hydrogen (secondary N) is 2. The van der Waals surface area contributed by atoms with Gasteiger partial charge in [-0.1, -0.05) is 13.8 Å². The molecule has 6 atom stereocenters. The Bertz CT molecular complexity index is 1350. The van der Waals surface area contributed by atoms with Gasteiger partial charge in [-0.3, -0.25) is 33.3 Å². The standard InChI is InChI=1S/C29H47N6O11P/c1-16(2)9-22(32-29(42)24-7-6-8-35(24)18(4)37)25(38)11-19(10-20-13-31-15-34(20)5)28(41)33-23(14-36)26(39)12-21(27(30)40)17(3)46-47(43,44)45/h13,15-17,19,21-24,36H,6-12,14H2,1-5H3,(H2,30,40)(H,32,42)(H,33,41)(H2,43,44,45)/t17-,19-,21+,22+,23+,24+/m1/s1. The number of primary amides is 1. The number of rotatable bonds is 19. The van der Waals surface area contributed by atoms with E-state index in [4.69, 9.17) is 15.5 Å². The molecule has 1 fully saturated rings. The van der Waals surface area contributed by atoms with Crippen LogP contribution in [-0.4, -0.2) is 102 Å². The lowest BCUT2D eigenvalue weighted by Crippen LogP contribution is -2.52. The lowest BCUT2D eigenvalue weighted by Gasteiger charge is -2.27. The Morgan fingerprint density at radius 2 is 1.72 bits per heavy atom. The van der Waals surface area contributed by atoms with Gasteiger partial charge in [-0.2, -0.15) is 0 Å². The van der Waals surface area contributed by atoms with Gasteiger partial charge in [-0.25, -0.2) is 9.55 Å². The molecule has 1 aromatic heterocycles. The number of phosphoric ester groups is 1. The lowest BCUT2D eigenvalue weighted by molar-refractivity contribution is -0.138. The maximum absolute atomic E-state index is 13.7. The van der Waals surface area contributed by atoms with Gasteiger partial charge in [-0.15, -0.1) is 0 Å². The highest BCUT2D eigenvalue weighted by molar-refractivity contribution is 7.46. The van der Waals surface area contributed by atoms with Crippen LogP contribution in [0.25, 0.3) is 0 Å². The van der Waals surface area contributed by atoms with Crippen molar-refractivity contribution in [1.29, 1.82) is 0 Å². The number of carbonyl (C=O) groups excluding carboxylic acids is 6. The molecule has 1 aliphatic heterocycles. The van der Waals surface area contributed by atoms with Crippen LogP contribution in [0.3, 0.4) is 0 Å². The summed E-state index contributed by atoms with van der Waals surface area (Å²) in [5, 5.41) is 15.2. The molecule has 0 aromatic carbocycles. The summed E-state index contributed by atoms with van der Waals surface area (Å²) < 4.78 is 17.4. The maximum atomic E-state index is 13.7. The second-order valence-corrected chi connectivity index (χ2v) is 13.5. The van der Waals surface area contributed by atoms with Crippen LogP contribution in [0.1, 0.15) is 65.5 Å². The molecule has 17 nitrogen and oxygen atoms in total. The van der Waals surface area contributed by atoms with Crippen molar-refractivity contribution in [2.75, 3.05) is 13.2 Å². The lowest BCUT2D eigenvalue weighted by atomic mass is 9.89. The molecule has 1 aromatic rings. The van der Waals surface area contributed by atoms with E-state index in [9.17, 15) is 38.4 Å². The number of Topliss-reactive ketones (excluding diaryl/α,β-unsaturated/α-hetero) is 2. The molecular weight excluding hydrogens is 639 g/mol. The Morgan fingerprint density at radius 1 is 1.09 bits per heavy atom. The first-order valence-corrected chi connectivity index (χ1v) is 16.9. The van der Waals surface area contributed by atoms with Crippen LogP contribution in [0, 0.1) is 17.8 Å². The predicted molar refractivity (Wildman–Crippen MR) is 166 cm³/mol. The number of aryl methyl sites for hydroxylation is 1. The average molecular weight is 687 g/mol. The molecular formula is C29H47N6O11P. The first-order valence-electron chi connectivity index (χ1n) is 15.4. The van der Waals surface area contributed by atoms with Gasteiger partial charge in [0.15, 0.2) is 11.6 Å². The number of nitrogens with zero attached hydrogens (tertiary/aromatic N) is 3. The highest BCUT2D eigenvalue weighted by Crippen LogP contribution is 2.39. The van der Waals surface area contributed by atoms with Crippen LogP contribution in [0.4, 0.5) is 0 Å². The van der Waals surface area contributed by atoms with E-state index in [1.165, 1.54) is 24.3 Å². The Labute approximate surface area is 273 Å². The summed E-state index contributed by atoms with van der Waals surface area (Å²) in [6.45, 7) is 5.79. The predicted octanol–water partition coefficient (Wildman–Crippen LogP) is -0.885. The van der Waals surface area contributed by atoms with Crippen molar-refractivity contribution in [3.63, 3.8) is 0 Å². The minimum Gasteiger partial charge on any atom is -0.394 e. The SMILES string of the molecule is CC(=O)N1CCC[C@H]1C(=O)N[C@@H](CC(C)C)C(=O)C[C@@H](Cc1cncn1C)C(=O)N[C@@H](CO)C(=O)C[C@H](C(N)=O)[C@@H](C)OP(=O)(O)O. The quantitative estimate of drug-likeness (QED) is 0.0969. The van der Waals surface area contributed by atoms with E-state index in [2.05, 4.69) is 20.1 Å². The molecule has 7 N–H and O–H groups in total. The number of aromatic nitrogens is 2. The third-order valence-corrected chi connectivity index (χ3v) is 8.71. The molecule has 0 aliphatic carbocycles. The fourth-order valence-electron chi connectivity index (χ4n) is 5.57. The number of amides is 4. The summed E-state index contributed by atoms with van der Waals surface area (Å²) in [5.41, 5.74) is 5.91. The number of nitrogens with two attached hydrogens (primary N) is 1. The fraction of sp³-hybridized carbons (Fsp3) is 0.690. The first-order chi connectivity index (χ1) is 21.8. The summed E-state index contributed by atoms with van der Waals surface area (Å²) >= 11 is 0. The maximum Gasteiger partial charge on any atom is 0.469 e. The first kappa shape index (κ1) is 39.7. The molecule has 0 saturated carbocycles. The van der Waals surface area contributed by atoms with Gasteiger partial charge in [0.2, 0.25) is 23.6 Å². The number of hydrogen-bond donors (Lipinski definition) is 6. The minimum atomic E-state index is -5.03. The zero-order valence-corrected chi connectivity index (χ0v) is 28.2. The largest absolute Gasteiger partial charge is 0.469 e. The Morgan fingerprint density at radius 3 is 2.23 bits per heavy atom. The zero-order valence-electron chi connectivity index (χ0n) is 27.3. The Hall–Kier alpha value is -3.50. The number of aliphatic hydroxyl groups is 1. The number of ketones is 2. The number of hydrogen-bond acceptors (Lipinski definition) is 10. The van der Waals surface area contributed by atoms with Gasteiger partial charge in [0.1, 0.15) is 12.1 Å². The molecule has 1 aliphatic rings. The molecule has 47 heavy (non-hydrogen) atoms. The molecule has 18 heteroatoms. The molecule has 0 unspecified atom stereocenters. The highest BCUT2D eigenvalue weighted by Gasteiger charge is 2.37. The fourth-order valence-corrected chi connectivity index (χ4v) is 6.15. The van der Waals surface area contributed by atoms with Crippen LogP contribution >= 0.6 is 7.82 Å². The molecule has 2 rings (SSSR count). The third kappa shape index (κ3) is 12.2. The number of aliphatic hydroxyl groups excluding tert-OH is 1. The van der Waals surface area contributed by atoms with Crippen LogP contribution in [0.2, 0.25) is 0 Å². The molecule has 4 amide bonds. The Kier molecular flexibility index (Phi) is 14.9. The summed E-state index contributed by atoms with van der Waals surface area (Å²) in [7, 11) is -3.34. The van der Waals surface area contributed by atoms with E-state index in [0.29, 0.717) is 25.1 Å². The highest BCUT2D eigenvalue weighted by atomic mass is 31.2. The average Bonchev–Trinajstić information content (AvgIpc) is 3.61. The van der Waals surface area contributed by atoms with Crippen LogP contribution in [-0.2, 0) is 51.3 Å². The zero-order chi connectivity index (χ0) is 35.6. The van der Waals surface area contributed by atoms with Gasteiger partial charge in [0, 0.05) is 51.7 Å². The molecule has 0 spiro atoms. The van der Waals surface area contributed by atoms with Gasteiger partial charge in [0.05, 0.1) is 36.9 Å². The van der Waals surface area contributed by atoms with E-state index < -0.39 is 86.2 Å². The van der Waals surface area contributed by atoms with Crippen LogP contribution in [0.5, 0.6) is 0 Å². The van der Waals surface area contributed by atoms with E-state index >= 15 is 0 Å². The number of likely N-dealkylation sites (tertiary alicyclic amines) is 1. The third-order valence-electron chi connectivity index (χ3n) is 8.11. The number of carbonyl (C=O) groups is 6. The molecule has 1 saturated heterocycles. The molecule has 0 radical (unpaired) electrons. The van der Waals surface area contributed by atoms with Crippen molar-refractivity contribution in [3.05, 3.63) is 18.2 Å². The van der Waals surface area contributed by atoms with E-state index in [1.54, 1.807) is 11.6 Å². The monoisotopic (exact) mass is 686 g/mol. The number of imidazole rings is 1. The minimum absolute atomic E-state index is 0.000562. The van der Waals surface area contributed by atoms with Crippen molar-refractivity contribution in [2.45, 2.75) is 90.4 Å². The normalized spacial score (nSPS) is 18.2. The van der Waals surface area contributed by atoms with E-state index in [0.717, 1.165) is 6.92 Å². The van der Waals surface area contributed by atoms with E-state index in [1.807, 2.05) is 13.8 Å². The number of phosphoric acid groups is 1. The summed E-state index contributed by atoms with van der Waals surface area (Å²) in [6.07, 6.45) is 1.82. The van der Waals surface area contributed by atoms with Crippen molar-refractivity contribution in [3.8, 4) is 0 Å². The van der Waals surface area contributed by atoms with Crippen LogP contribution in [0.15, 0.2) is 12.5 Å². The summed E-state index contributed by atoms with van der Waals surface area (Å²) in [4.78, 5) is 101. The van der Waals surface area contributed by atoms with Gasteiger partial charge in [0.25, 0.3) is 0 Å². The Balaban J connectivity index is 2.27. The second kappa shape index (κ2) is 17.6. The van der Waals surface area contributed by atoms with Gasteiger partial charge < -0.3 is 40.7 Å². The molecule has 2 heterocycles. The topological polar surface area (TPSA) is 261 Å². The molecule has 0 bridgehead atoms. The smallest absolute Gasteiger partial charge is 0.394 e. The van der Waals surface area contributed by atoms with Crippen molar-refractivity contribution in [1.82, 2.24) is 25.1 Å². The molecule has 264 valence electrons. The van der Waals surface area contributed by atoms with E-state index in [-0.39, 0.29) is 31.1 Å². The summed E-state index contributed by atoms with van der Waals surface area (Å²) in [5.74, 6) is -6.51. The van der Waals surface area contributed by atoms with Crippen LogP contribution < -0.4 is 16.4 Å².